The van der Waals surface area contributed by atoms with Gasteiger partial charge in [-0.05, 0) is 12.1 Å². The van der Waals surface area contributed by atoms with Crippen LogP contribution in [0.1, 0.15) is 5.69 Å². The summed E-state index contributed by atoms with van der Waals surface area (Å²) in [5, 5.41) is 9.52. The summed E-state index contributed by atoms with van der Waals surface area (Å²) in [5.74, 6) is 3.21. The molecule has 1 aromatic heterocycles. The van der Waals surface area contributed by atoms with Crippen molar-refractivity contribution in [3.05, 3.63) is 41.0 Å². The molecule has 0 aliphatic carbocycles. The highest BCUT2D eigenvalue weighted by atomic mass is 35.5. The summed E-state index contributed by atoms with van der Waals surface area (Å²) in [7, 11) is 0. The number of hydrogen-bond donors (Lipinski definition) is 0. The summed E-state index contributed by atoms with van der Waals surface area (Å²) < 4.78 is 5.64. The molecule has 1 aromatic carbocycles. The maximum absolute atomic E-state index is 9.23. The molecule has 1 aliphatic heterocycles. The van der Waals surface area contributed by atoms with Crippen LogP contribution < -0.4 is 9.64 Å². The lowest BCUT2D eigenvalue weighted by atomic mass is 10.3. The average Bonchev–Trinajstić information content (AvgIpc) is 2.58. The molecule has 1 saturated heterocycles. The van der Waals surface area contributed by atoms with Gasteiger partial charge in [-0.1, -0.05) is 29.8 Å². The number of aromatic nitrogens is 2. The summed E-state index contributed by atoms with van der Waals surface area (Å²) >= 11 is 8.16. The van der Waals surface area contributed by atoms with Crippen LogP contribution in [0.5, 0.6) is 11.8 Å². The van der Waals surface area contributed by atoms with Gasteiger partial charge in [-0.15, -0.1) is 0 Å². The molecule has 1 aliphatic rings. The summed E-state index contributed by atoms with van der Waals surface area (Å²) in [6.45, 7) is 1.69. The Morgan fingerprint density at radius 1 is 1.18 bits per heavy atom. The maximum Gasteiger partial charge on any atom is 0.325 e. The van der Waals surface area contributed by atoms with Crippen LogP contribution >= 0.6 is 23.4 Å². The fourth-order valence-electron chi connectivity index (χ4n) is 2.11. The molecule has 0 amide bonds. The van der Waals surface area contributed by atoms with E-state index in [2.05, 4.69) is 14.9 Å². The highest BCUT2D eigenvalue weighted by Gasteiger charge is 2.21. The van der Waals surface area contributed by atoms with Gasteiger partial charge in [-0.25, -0.2) is 0 Å². The van der Waals surface area contributed by atoms with Crippen molar-refractivity contribution in [3.63, 3.8) is 0 Å². The third kappa shape index (κ3) is 3.26. The van der Waals surface area contributed by atoms with Crippen molar-refractivity contribution in [1.82, 2.24) is 9.97 Å². The van der Waals surface area contributed by atoms with Gasteiger partial charge in [-0.2, -0.15) is 27.0 Å². The van der Waals surface area contributed by atoms with Gasteiger partial charge < -0.3 is 9.64 Å². The van der Waals surface area contributed by atoms with E-state index in [4.69, 9.17) is 16.3 Å². The first-order chi connectivity index (χ1) is 10.8. The van der Waals surface area contributed by atoms with Gasteiger partial charge in [0, 0.05) is 24.6 Å². The van der Waals surface area contributed by atoms with Crippen LogP contribution in [-0.4, -0.2) is 34.6 Å². The van der Waals surface area contributed by atoms with Gasteiger partial charge in [0.25, 0.3) is 0 Å². The quantitative estimate of drug-likeness (QED) is 0.859. The van der Waals surface area contributed by atoms with Gasteiger partial charge in [0.1, 0.15) is 16.8 Å². The molecule has 0 N–H and O–H groups in total. The van der Waals surface area contributed by atoms with E-state index in [9.17, 15) is 5.26 Å². The molecule has 0 unspecified atom stereocenters. The van der Waals surface area contributed by atoms with Crippen LogP contribution in [0.4, 0.5) is 5.82 Å². The zero-order valence-electron chi connectivity index (χ0n) is 11.7. The van der Waals surface area contributed by atoms with Crippen LogP contribution in [0.15, 0.2) is 30.3 Å². The monoisotopic (exact) mass is 332 g/mol. The van der Waals surface area contributed by atoms with E-state index >= 15 is 0 Å². The van der Waals surface area contributed by atoms with E-state index in [1.807, 2.05) is 36.0 Å². The van der Waals surface area contributed by atoms with Crippen LogP contribution in [0.3, 0.4) is 0 Å². The Labute approximate surface area is 137 Å². The minimum Gasteiger partial charge on any atom is -0.424 e. The third-order valence-electron chi connectivity index (χ3n) is 3.18. The van der Waals surface area contributed by atoms with Gasteiger partial charge in [0.15, 0.2) is 11.5 Å². The predicted octanol–water partition coefficient (Wildman–Crippen LogP) is 3.35. The van der Waals surface area contributed by atoms with Gasteiger partial charge in [-0.3, -0.25) is 0 Å². The normalized spacial score (nSPS) is 14.5. The Morgan fingerprint density at radius 3 is 2.59 bits per heavy atom. The minimum atomic E-state index is 0.135. The predicted molar refractivity (Wildman–Crippen MR) is 87.8 cm³/mol. The maximum atomic E-state index is 9.23. The van der Waals surface area contributed by atoms with E-state index < -0.39 is 0 Å². The van der Waals surface area contributed by atoms with E-state index in [0.717, 1.165) is 24.6 Å². The van der Waals surface area contributed by atoms with Crippen molar-refractivity contribution in [2.75, 3.05) is 29.5 Å². The molecule has 5 nitrogen and oxygen atoms in total. The fraction of sp³-hybridized carbons (Fsp3) is 0.267. The Balaban J connectivity index is 1.95. The highest BCUT2D eigenvalue weighted by Crippen LogP contribution is 2.31. The summed E-state index contributed by atoms with van der Waals surface area (Å²) in [6, 6.07) is 11.4. The number of thioether (sulfide) groups is 1. The molecule has 2 aromatic rings. The number of anilines is 1. The lowest BCUT2D eigenvalue weighted by molar-refractivity contribution is 0.441. The molecule has 0 saturated carbocycles. The van der Waals surface area contributed by atoms with Crippen molar-refractivity contribution in [3.8, 4) is 17.8 Å². The first kappa shape index (κ1) is 14.9. The van der Waals surface area contributed by atoms with Gasteiger partial charge in [0.2, 0.25) is 0 Å². The number of nitrogens with zero attached hydrogens (tertiary/aromatic N) is 4. The lowest BCUT2D eigenvalue weighted by Crippen LogP contribution is -2.33. The third-order valence-corrected chi connectivity index (χ3v) is 4.47. The minimum absolute atomic E-state index is 0.135. The summed E-state index contributed by atoms with van der Waals surface area (Å²) in [4.78, 5) is 10.6. The second-order valence-electron chi connectivity index (χ2n) is 4.62. The van der Waals surface area contributed by atoms with Crippen molar-refractivity contribution < 1.29 is 4.74 Å². The smallest absolute Gasteiger partial charge is 0.325 e. The molecule has 3 rings (SSSR count). The molecule has 0 atom stereocenters. The van der Waals surface area contributed by atoms with E-state index in [1.165, 1.54) is 0 Å². The Hall–Kier alpha value is -1.97. The Bertz CT molecular complexity index is 699. The zero-order valence-corrected chi connectivity index (χ0v) is 13.3. The molecule has 7 heteroatoms. The summed E-state index contributed by atoms with van der Waals surface area (Å²) in [6.07, 6.45) is 0. The SMILES string of the molecule is N#Cc1nc(Oc2ccccc2)nc(N2CCSCC2)c1Cl. The van der Waals surface area contributed by atoms with Crippen LogP contribution in [-0.2, 0) is 0 Å². The first-order valence-corrected chi connectivity index (χ1v) is 8.34. The molecule has 1 fully saturated rings. The number of nitriles is 1. The second-order valence-corrected chi connectivity index (χ2v) is 6.22. The topological polar surface area (TPSA) is 62.0 Å². The van der Waals surface area contributed by atoms with E-state index in [-0.39, 0.29) is 16.7 Å². The van der Waals surface area contributed by atoms with Crippen molar-refractivity contribution in [1.29, 1.82) is 5.26 Å². The molecule has 0 bridgehead atoms. The van der Waals surface area contributed by atoms with E-state index in [0.29, 0.717) is 11.6 Å². The van der Waals surface area contributed by atoms with Crippen LogP contribution in [0, 0.1) is 11.3 Å². The number of para-hydroxylation sites is 1. The molecule has 22 heavy (non-hydrogen) atoms. The number of halogens is 1. The summed E-state index contributed by atoms with van der Waals surface area (Å²) in [5.41, 5.74) is 0.135. The Kier molecular flexibility index (Phi) is 4.66. The average molecular weight is 333 g/mol. The first-order valence-electron chi connectivity index (χ1n) is 6.81. The molecular weight excluding hydrogens is 320 g/mol. The van der Waals surface area contributed by atoms with Gasteiger partial charge >= 0.3 is 6.01 Å². The molecular formula is C15H13ClN4OS. The Morgan fingerprint density at radius 2 is 1.91 bits per heavy atom. The second kappa shape index (κ2) is 6.86. The van der Waals surface area contributed by atoms with Crippen molar-refractivity contribution in [2.45, 2.75) is 0 Å². The highest BCUT2D eigenvalue weighted by molar-refractivity contribution is 7.99. The number of rotatable bonds is 3. The van der Waals surface area contributed by atoms with Crippen LogP contribution in [0.25, 0.3) is 0 Å². The van der Waals surface area contributed by atoms with Gasteiger partial charge in [0.05, 0.1) is 0 Å². The number of ether oxygens (including phenoxy) is 1. The van der Waals surface area contributed by atoms with Crippen molar-refractivity contribution in [2.24, 2.45) is 0 Å². The fourth-order valence-corrected chi connectivity index (χ4v) is 3.26. The number of hydrogen-bond acceptors (Lipinski definition) is 6. The molecule has 112 valence electrons. The molecule has 2 heterocycles. The van der Waals surface area contributed by atoms with E-state index in [1.54, 1.807) is 12.1 Å². The van der Waals surface area contributed by atoms with Crippen molar-refractivity contribution >= 4 is 29.2 Å². The van der Waals surface area contributed by atoms with Crippen LogP contribution in [0.2, 0.25) is 5.02 Å². The molecule has 0 radical (unpaired) electrons. The zero-order chi connectivity index (χ0) is 15.4. The standard InChI is InChI=1S/C15H13ClN4OS/c16-13-12(10-17)18-15(21-11-4-2-1-3-5-11)19-14(13)20-6-8-22-9-7-20/h1-5H,6-9H2. The lowest BCUT2D eigenvalue weighted by Gasteiger charge is -2.28. The number of benzene rings is 1. The largest absolute Gasteiger partial charge is 0.424 e. The molecule has 0 spiro atoms.